The Morgan fingerprint density at radius 3 is 2.29 bits per heavy atom. The molecule has 7 nitrogen and oxygen atoms in total. The molecule has 1 fully saturated rings. The molecule has 0 aromatic heterocycles. The van der Waals surface area contributed by atoms with Crippen molar-refractivity contribution >= 4 is 18.0 Å². The molecular weight excluding hydrogens is 432 g/mol. The second-order valence-electron chi connectivity index (χ2n) is 9.41. The van der Waals surface area contributed by atoms with Crippen LogP contribution in [-0.2, 0) is 25.5 Å². The van der Waals surface area contributed by atoms with Crippen LogP contribution in [0.5, 0.6) is 0 Å². The molecule has 0 spiro atoms. The van der Waals surface area contributed by atoms with E-state index in [4.69, 9.17) is 9.47 Å². The van der Waals surface area contributed by atoms with Gasteiger partial charge in [-0.2, -0.15) is 0 Å². The monoisotopic (exact) mass is 466 g/mol. The molecule has 1 saturated heterocycles. The predicted molar refractivity (Wildman–Crippen MR) is 130 cm³/mol. The first-order valence-corrected chi connectivity index (χ1v) is 11.8. The van der Waals surface area contributed by atoms with Crippen LogP contribution in [0, 0.1) is 0 Å². The Kier molecular flexibility index (Phi) is 8.31. The molecule has 182 valence electrons. The molecular formula is C27H34N2O5. The minimum atomic E-state index is -0.868. The second kappa shape index (κ2) is 11.2. The van der Waals surface area contributed by atoms with E-state index in [0.717, 1.165) is 16.7 Å². The normalized spacial score (nSPS) is 16.6. The molecule has 2 aromatic carbocycles. The average molecular weight is 467 g/mol. The molecule has 0 radical (unpaired) electrons. The van der Waals surface area contributed by atoms with E-state index in [0.29, 0.717) is 19.4 Å². The molecule has 34 heavy (non-hydrogen) atoms. The highest BCUT2D eigenvalue weighted by atomic mass is 16.6. The number of benzene rings is 2. The fraction of sp³-hybridized carbons (Fsp3) is 0.444. The van der Waals surface area contributed by atoms with Crippen molar-refractivity contribution in [3.63, 3.8) is 0 Å². The van der Waals surface area contributed by atoms with E-state index < -0.39 is 29.7 Å². The standard InChI is InChI=1S/C27H34N2O5/c1-5-33-25(31)23-12-9-17-29(23)24(30)22(28-26(32)34-27(2,3)4)18-19-13-15-21(16-14-19)20-10-7-6-8-11-20/h6-8,10-11,13-16,22-23H,5,9,12,17-18H2,1-4H3,(H,28,32)/t22-,23-/m0/s1. The highest BCUT2D eigenvalue weighted by Crippen LogP contribution is 2.23. The minimum absolute atomic E-state index is 0.255. The van der Waals surface area contributed by atoms with Crippen LogP contribution in [0.1, 0.15) is 46.1 Å². The molecule has 3 rings (SSSR count). The maximum atomic E-state index is 13.5. The van der Waals surface area contributed by atoms with Crippen molar-refractivity contribution in [3.05, 3.63) is 60.2 Å². The van der Waals surface area contributed by atoms with Crippen LogP contribution in [0.25, 0.3) is 11.1 Å². The Morgan fingerprint density at radius 2 is 1.68 bits per heavy atom. The first kappa shape index (κ1) is 25.3. The number of carbonyl (C=O) groups is 3. The van der Waals surface area contributed by atoms with Crippen molar-refractivity contribution in [3.8, 4) is 11.1 Å². The Bertz CT molecular complexity index is 982. The third-order valence-corrected chi connectivity index (χ3v) is 5.58. The summed E-state index contributed by atoms with van der Waals surface area (Å²) in [5.41, 5.74) is 2.36. The van der Waals surface area contributed by atoms with Crippen molar-refractivity contribution in [2.75, 3.05) is 13.2 Å². The number of likely N-dealkylation sites (tertiary alicyclic amines) is 1. The zero-order valence-electron chi connectivity index (χ0n) is 20.4. The first-order valence-electron chi connectivity index (χ1n) is 11.8. The van der Waals surface area contributed by atoms with Gasteiger partial charge in [0, 0.05) is 13.0 Å². The Balaban J connectivity index is 1.79. The van der Waals surface area contributed by atoms with Gasteiger partial charge in [-0.1, -0.05) is 54.6 Å². The molecule has 2 amide bonds. The number of hydrogen-bond acceptors (Lipinski definition) is 5. The number of esters is 1. The number of ether oxygens (including phenoxy) is 2. The van der Waals surface area contributed by atoms with Crippen LogP contribution >= 0.6 is 0 Å². The Morgan fingerprint density at radius 1 is 1.03 bits per heavy atom. The summed E-state index contributed by atoms with van der Waals surface area (Å²) in [5.74, 6) is -0.717. The van der Waals surface area contributed by atoms with Crippen molar-refractivity contribution in [2.45, 2.75) is 64.6 Å². The number of nitrogens with one attached hydrogen (secondary N) is 1. The number of nitrogens with zero attached hydrogens (tertiary/aromatic N) is 1. The third-order valence-electron chi connectivity index (χ3n) is 5.58. The summed E-state index contributed by atoms with van der Waals surface area (Å²) >= 11 is 0. The van der Waals surface area contributed by atoms with E-state index in [1.807, 2.05) is 54.6 Å². The third kappa shape index (κ3) is 6.83. The molecule has 1 aliphatic heterocycles. The molecule has 1 heterocycles. The van der Waals surface area contributed by atoms with Gasteiger partial charge in [0.1, 0.15) is 17.7 Å². The number of rotatable bonds is 7. The lowest BCUT2D eigenvalue weighted by Crippen LogP contribution is -2.53. The molecule has 1 aliphatic rings. The summed E-state index contributed by atoms with van der Waals surface area (Å²) < 4.78 is 10.6. The largest absolute Gasteiger partial charge is 0.464 e. The highest BCUT2D eigenvalue weighted by molar-refractivity contribution is 5.90. The summed E-state index contributed by atoms with van der Waals surface area (Å²) in [7, 11) is 0. The van der Waals surface area contributed by atoms with Crippen LogP contribution in [0.4, 0.5) is 4.79 Å². The quantitative estimate of drug-likeness (QED) is 0.614. The number of carbonyl (C=O) groups excluding carboxylic acids is 3. The van der Waals surface area contributed by atoms with Crippen LogP contribution in [-0.4, -0.2) is 53.7 Å². The van der Waals surface area contributed by atoms with E-state index in [1.165, 1.54) is 4.90 Å². The molecule has 0 aliphatic carbocycles. The second-order valence-corrected chi connectivity index (χ2v) is 9.41. The van der Waals surface area contributed by atoms with E-state index >= 15 is 0 Å². The van der Waals surface area contributed by atoms with Crippen LogP contribution in [0.15, 0.2) is 54.6 Å². The summed E-state index contributed by atoms with van der Waals surface area (Å²) in [5, 5.41) is 2.73. The van der Waals surface area contributed by atoms with Crippen molar-refractivity contribution in [2.24, 2.45) is 0 Å². The molecule has 0 unspecified atom stereocenters. The lowest BCUT2D eigenvalue weighted by molar-refractivity contribution is -0.153. The first-order chi connectivity index (χ1) is 16.2. The van der Waals surface area contributed by atoms with Crippen LogP contribution < -0.4 is 5.32 Å². The average Bonchev–Trinajstić information content (AvgIpc) is 3.28. The molecule has 1 N–H and O–H groups in total. The predicted octanol–water partition coefficient (Wildman–Crippen LogP) is 4.34. The van der Waals surface area contributed by atoms with E-state index in [-0.39, 0.29) is 18.9 Å². The van der Waals surface area contributed by atoms with Gasteiger partial charge >= 0.3 is 12.1 Å². The van der Waals surface area contributed by atoms with Gasteiger partial charge in [0.25, 0.3) is 0 Å². The number of hydrogen-bond donors (Lipinski definition) is 1. The topological polar surface area (TPSA) is 84.9 Å². The van der Waals surface area contributed by atoms with Gasteiger partial charge < -0.3 is 19.7 Å². The van der Waals surface area contributed by atoms with Gasteiger partial charge in [-0.05, 0) is 57.2 Å². The SMILES string of the molecule is CCOC(=O)[C@@H]1CCCN1C(=O)[C@H](Cc1ccc(-c2ccccc2)cc1)NC(=O)OC(C)(C)C. The lowest BCUT2D eigenvalue weighted by atomic mass is 10.00. The van der Waals surface area contributed by atoms with Gasteiger partial charge in [0.2, 0.25) is 5.91 Å². The summed E-state index contributed by atoms with van der Waals surface area (Å²) in [4.78, 5) is 40.0. The van der Waals surface area contributed by atoms with Crippen LogP contribution in [0.2, 0.25) is 0 Å². The smallest absolute Gasteiger partial charge is 0.408 e. The fourth-order valence-corrected chi connectivity index (χ4v) is 4.06. The molecule has 2 aromatic rings. The Labute approximate surface area is 201 Å². The van der Waals surface area contributed by atoms with E-state index in [1.54, 1.807) is 27.7 Å². The van der Waals surface area contributed by atoms with E-state index in [2.05, 4.69) is 5.32 Å². The summed E-state index contributed by atoms with van der Waals surface area (Å²) in [6, 6.07) is 16.4. The number of amides is 2. The van der Waals surface area contributed by atoms with Gasteiger partial charge in [-0.25, -0.2) is 9.59 Å². The van der Waals surface area contributed by atoms with Gasteiger partial charge in [-0.3, -0.25) is 4.79 Å². The lowest BCUT2D eigenvalue weighted by Gasteiger charge is -2.29. The van der Waals surface area contributed by atoms with Gasteiger partial charge in [0.05, 0.1) is 6.61 Å². The molecule has 2 atom stereocenters. The minimum Gasteiger partial charge on any atom is -0.464 e. The van der Waals surface area contributed by atoms with Crippen molar-refractivity contribution in [1.82, 2.24) is 10.2 Å². The van der Waals surface area contributed by atoms with Gasteiger partial charge in [-0.15, -0.1) is 0 Å². The van der Waals surface area contributed by atoms with Gasteiger partial charge in [0.15, 0.2) is 0 Å². The van der Waals surface area contributed by atoms with Crippen LogP contribution in [0.3, 0.4) is 0 Å². The van der Waals surface area contributed by atoms with Crippen molar-refractivity contribution < 1.29 is 23.9 Å². The summed E-state index contributed by atoms with van der Waals surface area (Å²) in [6.07, 6.45) is 0.869. The molecule has 7 heteroatoms. The maximum absolute atomic E-state index is 13.5. The molecule has 0 saturated carbocycles. The maximum Gasteiger partial charge on any atom is 0.408 e. The van der Waals surface area contributed by atoms with Crippen molar-refractivity contribution in [1.29, 1.82) is 0 Å². The zero-order valence-corrected chi connectivity index (χ0v) is 20.4. The van der Waals surface area contributed by atoms with E-state index in [9.17, 15) is 14.4 Å². The highest BCUT2D eigenvalue weighted by Gasteiger charge is 2.39. The Hall–Kier alpha value is -3.35. The fourth-order valence-electron chi connectivity index (χ4n) is 4.06. The molecule has 0 bridgehead atoms. The zero-order chi connectivity index (χ0) is 24.7. The number of alkyl carbamates (subject to hydrolysis) is 1. The summed E-state index contributed by atoms with van der Waals surface area (Å²) in [6.45, 7) is 7.74.